The third kappa shape index (κ3) is 2.72. The summed E-state index contributed by atoms with van der Waals surface area (Å²) in [5.41, 5.74) is 3.72. The average Bonchev–Trinajstić information content (AvgIpc) is 3.07. The van der Waals surface area contributed by atoms with E-state index in [-0.39, 0.29) is 17.6 Å². The van der Waals surface area contributed by atoms with Crippen LogP contribution < -0.4 is 5.30 Å². The topological polar surface area (TPSA) is 20.3 Å². The van der Waals surface area contributed by atoms with Crippen LogP contribution in [0.2, 0.25) is 0 Å². The van der Waals surface area contributed by atoms with Gasteiger partial charge in [-0.2, -0.15) is 0 Å². The number of hydrogen-bond donors (Lipinski definition) is 0. The van der Waals surface area contributed by atoms with Crippen LogP contribution in [0.3, 0.4) is 0 Å². The van der Waals surface area contributed by atoms with Gasteiger partial charge >= 0.3 is 0 Å². The van der Waals surface area contributed by atoms with Gasteiger partial charge in [0.25, 0.3) is 0 Å². The predicted molar refractivity (Wildman–Crippen MR) is 130 cm³/mol. The van der Waals surface area contributed by atoms with Gasteiger partial charge in [-0.15, -0.1) is 0 Å². The van der Waals surface area contributed by atoms with Crippen molar-refractivity contribution in [2.75, 3.05) is 7.05 Å². The Hall–Kier alpha value is -2.93. The standard InChI is InChI=1S/C28H24NOP/c1-29-28(22-11-3-2-4-12-22)27-25-14-8-7-10-21(25)16-18-26(27)31(29,30)24-17-15-20-9-5-6-13-23(20)19-24/h2-19,26-28H,1H3/t26-,27+,28-,31?/m0/s1. The van der Waals surface area contributed by atoms with Crippen LogP contribution in [0.4, 0.5) is 0 Å². The van der Waals surface area contributed by atoms with Crippen LogP contribution in [0, 0.1) is 0 Å². The summed E-state index contributed by atoms with van der Waals surface area (Å²) >= 11 is 0. The molecule has 6 rings (SSSR count). The number of allylic oxidation sites excluding steroid dienone is 1. The SMILES string of the molecule is CN1[C@@H](c2ccccc2)[C@@H]2c3ccccc3C=C[C@@H]2P1(=O)c1ccc2ccccc2c1. The predicted octanol–water partition coefficient (Wildman–Crippen LogP) is 6.61. The summed E-state index contributed by atoms with van der Waals surface area (Å²) in [7, 11) is -0.822. The Morgan fingerprint density at radius 2 is 1.48 bits per heavy atom. The van der Waals surface area contributed by atoms with Crippen molar-refractivity contribution in [2.45, 2.75) is 17.6 Å². The Bertz CT molecular complexity index is 1360. The van der Waals surface area contributed by atoms with E-state index in [0.29, 0.717) is 0 Å². The largest absolute Gasteiger partial charge is 0.301 e. The zero-order chi connectivity index (χ0) is 21.0. The molecule has 0 aromatic heterocycles. The molecule has 1 unspecified atom stereocenters. The fraction of sp³-hybridized carbons (Fsp3) is 0.143. The Morgan fingerprint density at radius 3 is 2.32 bits per heavy atom. The van der Waals surface area contributed by atoms with E-state index < -0.39 is 7.29 Å². The number of hydrogen-bond acceptors (Lipinski definition) is 1. The van der Waals surface area contributed by atoms with Crippen molar-refractivity contribution in [3.05, 3.63) is 120 Å². The molecule has 1 heterocycles. The van der Waals surface area contributed by atoms with Crippen molar-refractivity contribution in [1.82, 2.24) is 4.67 Å². The van der Waals surface area contributed by atoms with Crippen molar-refractivity contribution in [3.8, 4) is 0 Å². The maximum atomic E-state index is 15.0. The second-order valence-corrected chi connectivity index (χ2v) is 11.6. The quantitative estimate of drug-likeness (QED) is 0.340. The van der Waals surface area contributed by atoms with Gasteiger partial charge in [-0.3, -0.25) is 0 Å². The third-order valence-corrected chi connectivity index (χ3v) is 10.6. The van der Waals surface area contributed by atoms with Crippen molar-refractivity contribution in [1.29, 1.82) is 0 Å². The first-order chi connectivity index (χ1) is 15.2. The zero-order valence-electron chi connectivity index (χ0n) is 17.4. The van der Waals surface area contributed by atoms with Crippen LogP contribution in [0.25, 0.3) is 16.8 Å². The van der Waals surface area contributed by atoms with E-state index in [1.54, 1.807) is 0 Å². The molecule has 0 saturated carbocycles. The van der Waals surface area contributed by atoms with Crippen LogP contribution in [0.5, 0.6) is 0 Å². The summed E-state index contributed by atoms with van der Waals surface area (Å²) < 4.78 is 17.2. The van der Waals surface area contributed by atoms with Crippen molar-refractivity contribution >= 4 is 29.4 Å². The summed E-state index contributed by atoms with van der Waals surface area (Å²) in [6.07, 6.45) is 4.38. The highest BCUT2D eigenvalue weighted by Gasteiger charge is 2.56. The number of fused-ring (bicyclic) bond motifs is 4. The Kier molecular flexibility index (Phi) is 4.28. The molecule has 1 aliphatic carbocycles. The third-order valence-electron chi connectivity index (χ3n) is 7.06. The summed E-state index contributed by atoms with van der Waals surface area (Å²) in [5.74, 6) is 0.158. The first-order valence-electron chi connectivity index (χ1n) is 10.8. The second kappa shape index (κ2) is 7.05. The van der Waals surface area contributed by atoms with Gasteiger partial charge in [-0.25, -0.2) is 4.67 Å². The maximum Gasteiger partial charge on any atom is 0.186 e. The van der Waals surface area contributed by atoms with E-state index >= 15 is 4.57 Å². The van der Waals surface area contributed by atoms with Crippen molar-refractivity contribution in [3.63, 3.8) is 0 Å². The molecule has 0 radical (unpaired) electrons. The van der Waals surface area contributed by atoms with Gasteiger partial charge in [-0.05, 0) is 46.6 Å². The lowest BCUT2D eigenvalue weighted by Gasteiger charge is -2.28. The van der Waals surface area contributed by atoms with E-state index in [9.17, 15) is 0 Å². The van der Waals surface area contributed by atoms with Crippen LogP contribution >= 0.6 is 7.29 Å². The molecule has 31 heavy (non-hydrogen) atoms. The minimum atomic E-state index is -2.88. The molecule has 0 bridgehead atoms. The highest BCUT2D eigenvalue weighted by molar-refractivity contribution is 7.70. The van der Waals surface area contributed by atoms with E-state index in [2.05, 4.69) is 103 Å². The zero-order valence-corrected chi connectivity index (χ0v) is 18.3. The highest BCUT2D eigenvalue weighted by atomic mass is 31.2. The van der Waals surface area contributed by atoms with Crippen LogP contribution in [-0.2, 0) is 4.57 Å². The summed E-state index contributed by atoms with van der Waals surface area (Å²) in [6.45, 7) is 0. The van der Waals surface area contributed by atoms with Gasteiger partial charge in [0.05, 0.1) is 5.66 Å². The Morgan fingerprint density at radius 1 is 0.774 bits per heavy atom. The normalized spacial score (nSPS) is 27.2. The number of benzene rings is 4. The van der Waals surface area contributed by atoms with E-state index in [0.717, 1.165) is 10.7 Å². The molecule has 0 spiro atoms. The van der Waals surface area contributed by atoms with E-state index in [4.69, 9.17) is 0 Å². The van der Waals surface area contributed by atoms with Crippen LogP contribution in [0.1, 0.15) is 28.7 Å². The van der Waals surface area contributed by atoms with E-state index in [1.807, 2.05) is 18.2 Å². The van der Waals surface area contributed by atoms with Gasteiger partial charge in [-0.1, -0.05) is 97.1 Å². The van der Waals surface area contributed by atoms with Gasteiger partial charge in [0.15, 0.2) is 7.29 Å². The number of nitrogens with zero attached hydrogens (tertiary/aromatic N) is 1. The molecule has 4 aromatic carbocycles. The molecule has 3 heteroatoms. The van der Waals surface area contributed by atoms with E-state index in [1.165, 1.54) is 22.1 Å². The molecular weight excluding hydrogens is 397 g/mol. The van der Waals surface area contributed by atoms with Crippen LogP contribution in [0.15, 0.2) is 103 Å². The lowest BCUT2D eigenvalue weighted by Crippen LogP contribution is -2.22. The fourth-order valence-corrected chi connectivity index (χ4v) is 9.06. The monoisotopic (exact) mass is 421 g/mol. The summed E-state index contributed by atoms with van der Waals surface area (Å²) in [4.78, 5) is 0. The number of likely N-dealkylation sites (N-methyl/N-ethyl adjacent to an activating group) is 1. The molecule has 1 saturated heterocycles. The molecule has 2 aliphatic rings. The molecular formula is C28H24NOP. The molecule has 2 nitrogen and oxygen atoms in total. The average molecular weight is 421 g/mol. The fourth-order valence-electron chi connectivity index (χ4n) is 5.59. The molecule has 0 amide bonds. The van der Waals surface area contributed by atoms with Gasteiger partial charge in [0.1, 0.15) is 0 Å². The Labute approximate surface area is 183 Å². The molecule has 1 fully saturated rings. The van der Waals surface area contributed by atoms with Gasteiger partial charge < -0.3 is 4.57 Å². The molecule has 1 aliphatic heterocycles. The smallest absolute Gasteiger partial charge is 0.186 e. The summed E-state index contributed by atoms with van der Waals surface area (Å²) in [5, 5.41) is 3.27. The molecule has 4 atom stereocenters. The van der Waals surface area contributed by atoms with Crippen molar-refractivity contribution < 1.29 is 4.57 Å². The molecule has 152 valence electrons. The lowest BCUT2D eigenvalue weighted by molar-refractivity contribution is 0.377. The van der Waals surface area contributed by atoms with Crippen LogP contribution in [-0.4, -0.2) is 17.4 Å². The van der Waals surface area contributed by atoms with Crippen molar-refractivity contribution in [2.24, 2.45) is 0 Å². The molecule has 0 N–H and O–H groups in total. The van der Waals surface area contributed by atoms with Gasteiger partial charge in [0, 0.05) is 17.3 Å². The first kappa shape index (κ1) is 18.8. The molecule has 4 aromatic rings. The summed E-state index contributed by atoms with van der Waals surface area (Å²) in [6, 6.07) is 33.9. The first-order valence-corrected chi connectivity index (χ1v) is 12.6. The minimum absolute atomic E-state index is 0.0428. The number of rotatable bonds is 2. The maximum absolute atomic E-state index is 15.0. The second-order valence-electron chi connectivity index (χ2n) is 8.59. The minimum Gasteiger partial charge on any atom is -0.301 e. The van der Waals surface area contributed by atoms with Gasteiger partial charge in [0.2, 0.25) is 0 Å². The Balaban J connectivity index is 1.59. The highest BCUT2D eigenvalue weighted by Crippen LogP contribution is 2.70. The lowest BCUT2D eigenvalue weighted by atomic mass is 9.79.